The Hall–Kier alpha value is -3.71. The van der Waals surface area contributed by atoms with Gasteiger partial charge in [0.2, 0.25) is 17.7 Å². The fraction of sp³-hybridized carbons (Fsp3) is 0.542. The number of rotatable bonds is 17. The number of carboxylic acids is 1. The Bertz CT molecular complexity index is 908. The molecule has 0 bridgehead atoms. The van der Waals surface area contributed by atoms with Gasteiger partial charge >= 0.3 is 5.97 Å². The summed E-state index contributed by atoms with van der Waals surface area (Å²) in [5, 5.41) is 17.2. The number of amides is 3. The molecule has 0 spiro atoms. The zero-order chi connectivity index (χ0) is 27.8. The number of hydrogen-bond acceptors (Lipinski definition) is 7. The number of nitrogens with zero attached hydrogens (tertiary/aromatic N) is 1. The van der Waals surface area contributed by atoms with E-state index in [0.717, 1.165) is 5.56 Å². The number of nitrogens with one attached hydrogen (secondary N) is 3. The number of unbranched alkanes of at least 4 members (excludes halogenated alkanes) is 1. The Morgan fingerprint density at radius 1 is 0.892 bits per heavy atom. The van der Waals surface area contributed by atoms with E-state index in [-0.39, 0.29) is 18.8 Å². The van der Waals surface area contributed by atoms with E-state index < -0.39 is 47.9 Å². The molecule has 13 nitrogen and oxygen atoms in total. The van der Waals surface area contributed by atoms with Crippen molar-refractivity contribution in [1.29, 1.82) is 0 Å². The normalized spacial score (nSPS) is 13.9. The van der Waals surface area contributed by atoms with Crippen LogP contribution in [0.5, 0.6) is 0 Å². The zero-order valence-electron chi connectivity index (χ0n) is 21.2. The Morgan fingerprint density at radius 2 is 1.54 bits per heavy atom. The average molecular weight is 521 g/mol. The van der Waals surface area contributed by atoms with Gasteiger partial charge in [-0.15, -0.1) is 0 Å². The third-order valence-electron chi connectivity index (χ3n) is 5.53. The summed E-state index contributed by atoms with van der Waals surface area (Å²) in [4.78, 5) is 53.7. The molecule has 0 aliphatic rings. The van der Waals surface area contributed by atoms with Crippen LogP contribution in [0.25, 0.3) is 0 Å². The summed E-state index contributed by atoms with van der Waals surface area (Å²) in [5.74, 6) is -3.03. The van der Waals surface area contributed by atoms with E-state index in [1.54, 1.807) is 24.3 Å². The van der Waals surface area contributed by atoms with Crippen molar-refractivity contribution >= 4 is 29.7 Å². The molecule has 0 radical (unpaired) electrons. The fourth-order valence-electron chi connectivity index (χ4n) is 3.41. The number of carbonyl (C=O) groups is 4. The third-order valence-corrected chi connectivity index (χ3v) is 5.53. The molecule has 3 amide bonds. The molecule has 4 unspecified atom stereocenters. The second kappa shape index (κ2) is 16.9. The molecule has 0 aliphatic carbocycles. The molecule has 1 rings (SSSR count). The number of benzene rings is 1. The van der Waals surface area contributed by atoms with Gasteiger partial charge in [-0.3, -0.25) is 19.4 Å². The lowest BCUT2D eigenvalue weighted by molar-refractivity contribution is -0.142. The van der Waals surface area contributed by atoms with Gasteiger partial charge in [-0.25, -0.2) is 4.79 Å². The standard InChI is InChI=1S/C24H40N8O5/c1-15(30-21(34)17(26)10-7-13-29-24(27)28)20(33)32-19(14-16-8-3-2-4-9-16)22(35)31-18(23(36)37)11-5-6-12-25/h2-4,8-9,15,17-19H,5-7,10-14,25-26H2,1H3,(H,30,34)(H,31,35)(H,32,33)(H,36,37)(H4,27,28,29). The van der Waals surface area contributed by atoms with Crippen LogP contribution in [0, 0.1) is 0 Å². The molecule has 0 aromatic heterocycles. The van der Waals surface area contributed by atoms with Gasteiger partial charge in [-0.1, -0.05) is 30.3 Å². The molecule has 0 saturated carbocycles. The molecule has 206 valence electrons. The SMILES string of the molecule is CC(NC(=O)C(N)CCCN=C(N)N)C(=O)NC(Cc1ccccc1)C(=O)NC(CCCCN)C(=O)O. The molecule has 37 heavy (non-hydrogen) atoms. The van der Waals surface area contributed by atoms with Gasteiger partial charge in [-0.2, -0.15) is 0 Å². The number of guanidine groups is 1. The second-order valence-electron chi connectivity index (χ2n) is 8.72. The minimum Gasteiger partial charge on any atom is -0.480 e. The van der Waals surface area contributed by atoms with Crippen LogP contribution in [0.3, 0.4) is 0 Å². The van der Waals surface area contributed by atoms with E-state index in [0.29, 0.717) is 38.8 Å². The van der Waals surface area contributed by atoms with Gasteiger partial charge in [0.25, 0.3) is 0 Å². The molecule has 12 N–H and O–H groups in total. The van der Waals surface area contributed by atoms with E-state index in [1.807, 2.05) is 6.07 Å². The summed E-state index contributed by atoms with van der Waals surface area (Å²) in [6.07, 6.45) is 2.26. The number of carbonyl (C=O) groups excluding carboxylic acids is 3. The van der Waals surface area contributed by atoms with Crippen LogP contribution in [0.2, 0.25) is 0 Å². The van der Waals surface area contributed by atoms with Gasteiger partial charge in [-0.05, 0) is 51.1 Å². The Balaban J connectivity index is 2.82. The largest absolute Gasteiger partial charge is 0.480 e. The highest BCUT2D eigenvalue weighted by Gasteiger charge is 2.28. The molecular formula is C24H40N8O5. The number of hydrogen-bond donors (Lipinski definition) is 8. The Labute approximate surface area is 216 Å². The van der Waals surface area contributed by atoms with Gasteiger partial charge in [0, 0.05) is 13.0 Å². The number of aliphatic imine (C=N–C) groups is 1. The van der Waals surface area contributed by atoms with Gasteiger partial charge in [0.05, 0.1) is 6.04 Å². The summed E-state index contributed by atoms with van der Waals surface area (Å²) in [6.45, 7) is 2.19. The molecule has 4 atom stereocenters. The molecule has 0 saturated heterocycles. The van der Waals surface area contributed by atoms with E-state index in [1.165, 1.54) is 6.92 Å². The molecule has 1 aromatic carbocycles. The van der Waals surface area contributed by atoms with Crippen molar-refractivity contribution in [3.63, 3.8) is 0 Å². The van der Waals surface area contributed by atoms with Crippen molar-refractivity contribution in [2.75, 3.05) is 13.1 Å². The lowest BCUT2D eigenvalue weighted by Crippen LogP contribution is -2.57. The smallest absolute Gasteiger partial charge is 0.326 e. The zero-order valence-corrected chi connectivity index (χ0v) is 21.2. The van der Waals surface area contributed by atoms with Gasteiger partial charge in [0.15, 0.2) is 5.96 Å². The predicted molar refractivity (Wildman–Crippen MR) is 140 cm³/mol. The summed E-state index contributed by atoms with van der Waals surface area (Å²) in [7, 11) is 0. The molecule has 1 aromatic rings. The minimum absolute atomic E-state index is 0.0531. The first-order valence-electron chi connectivity index (χ1n) is 12.2. The van der Waals surface area contributed by atoms with Crippen LogP contribution in [-0.2, 0) is 25.6 Å². The van der Waals surface area contributed by atoms with Crippen molar-refractivity contribution in [3.8, 4) is 0 Å². The van der Waals surface area contributed by atoms with Crippen molar-refractivity contribution in [1.82, 2.24) is 16.0 Å². The number of nitrogens with two attached hydrogens (primary N) is 4. The first-order chi connectivity index (χ1) is 17.5. The van der Waals surface area contributed by atoms with E-state index in [2.05, 4.69) is 20.9 Å². The van der Waals surface area contributed by atoms with Crippen LogP contribution < -0.4 is 38.9 Å². The first kappa shape index (κ1) is 31.3. The van der Waals surface area contributed by atoms with Crippen molar-refractivity contribution in [3.05, 3.63) is 35.9 Å². The lowest BCUT2D eigenvalue weighted by atomic mass is 10.0. The highest BCUT2D eigenvalue weighted by molar-refractivity contribution is 5.94. The van der Waals surface area contributed by atoms with Crippen molar-refractivity contribution in [2.45, 2.75) is 69.6 Å². The summed E-state index contributed by atoms with van der Waals surface area (Å²) in [5.41, 5.74) is 22.6. The molecular weight excluding hydrogens is 480 g/mol. The maximum Gasteiger partial charge on any atom is 0.326 e. The quantitative estimate of drug-likeness (QED) is 0.0662. The van der Waals surface area contributed by atoms with Crippen LogP contribution in [0.15, 0.2) is 35.3 Å². The Morgan fingerprint density at radius 3 is 2.14 bits per heavy atom. The van der Waals surface area contributed by atoms with E-state index >= 15 is 0 Å². The van der Waals surface area contributed by atoms with Gasteiger partial charge in [0.1, 0.15) is 18.1 Å². The minimum atomic E-state index is -1.18. The van der Waals surface area contributed by atoms with E-state index in [4.69, 9.17) is 22.9 Å². The molecule has 0 fully saturated rings. The maximum atomic E-state index is 13.0. The number of carboxylic acid groups (broad SMARTS) is 1. The van der Waals surface area contributed by atoms with Crippen LogP contribution >= 0.6 is 0 Å². The summed E-state index contributed by atoms with van der Waals surface area (Å²) >= 11 is 0. The van der Waals surface area contributed by atoms with E-state index in [9.17, 15) is 24.3 Å². The Kier molecular flexibility index (Phi) is 14.3. The molecule has 0 aliphatic heterocycles. The average Bonchev–Trinajstić information content (AvgIpc) is 2.85. The highest BCUT2D eigenvalue weighted by Crippen LogP contribution is 2.07. The topological polar surface area (TPSA) is 241 Å². The highest BCUT2D eigenvalue weighted by atomic mass is 16.4. The lowest BCUT2D eigenvalue weighted by Gasteiger charge is -2.24. The molecule has 13 heteroatoms. The van der Waals surface area contributed by atoms with Crippen molar-refractivity contribution < 1.29 is 24.3 Å². The maximum absolute atomic E-state index is 13.0. The fourth-order valence-corrected chi connectivity index (χ4v) is 3.41. The third kappa shape index (κ3) is 12.7. The van der Waals surface area contributed by atoms with Gasteiger partial charge < -0.3 is 44.0 Å². The second-order valence-corrected chi connectivity index (χ2v) is 8.72. The van der Waals surface area contributed by atoms with Crippen LogP contribution in [0.1, 0.15) is 44.6 Å². The van der Waals surface area contributed by atoms with Crippen molar-refractivity contribution in [2.24, 2.45) is 27.9 Å². The number of aliphatic carboxylic acids is 1. The summed E-state index contributed by atoms with van der Waals surface area (Å²) < 4.78 is 0. The first-order valence-corrected chi connectivity index (χ1v) is 12.2. The summed E-state index contributed by atoms with van der Waals surface area (Å²) in [6, 6.07) is 4.89. The predicted octanol–water partition coefficient (Wildman–Crippen LogP) is -1.70. The van der Waals surface area contributed by atoms with Crippen LogP contribution in [-0.4, -0.2) is 72.0 Å². The van der Waals surface area contributed by atoms with Crippen LogP contribution in [0.4, 0.5) is 0 Å². The molecule has 0 heterocycles. The monoisotopic (exact) mass is 520 g/mol.